The average Bonchev–Trinajstić information content (AvgIpc) is 3.23. The molecule has 2 aromatic carbocycles. The zero-order chi connectivity index (χ0) is 23.6. The summed E-state index contributed by atoms with van der Waals surface area (Å²) in [4.78, 5) is 26.3. The number of rotatable bonds is 6. The van der Waals surface area contributed by atoms with Crippen LogP contribution in [0.1, 0.15) is 31.2 Å². The Hall–Kier alpha value is -2.13. The molecule has 1 N–H and O–H groups in total. The molecule has 2 aliphatic rings. The Bertz CT molecular complexity index is 1130. The second-order valence-electron chi connectivity index (χ2n) is 8.31. The maximum absolute atomic E-state index is 12.9. The van der Waals surface area contributed by atoms with Crippen LogP contribution < -0.4 is 10.2 Å². The van der Waals surface area contributed by atoms with Crippen LogP contribution in [-0.4, -0.2) is 44.2 Å². The van der Waals surface area contributed by atoms with Crippen molar-refractivity contribution in [3.05, 3.63) is 58.1 Å². The summed E-state index contributed by atoms with van der Waals surface area (Å²) in [5.41, 5.74) is 1.87. The standard InChI is InChI=1S/C23H25Cl2N3O4S/c24-20-3-1-4-21(25)19(20)15-33(31,32)27-13-10-16(11-14-27)23(30)26-17-6-8-18(9-7-17)28-12-2-5-22(28)29/h1,3-4,6-9,16H,2,5,10-15H2,(H,26,30). The molecule has 0 unspecified atom stereocenters. The van der Waals surface area contributed by atoms with Gasteiger partial charge in [-0.05, 0) is 55.7 Å². The third-order valence-corrected chi connectivity index (χ3v) is 8.64. The first kappa shape index (κ1) is 24.0. The lowest BCUT2D eigenvalue weighted by Crippen LogP contribution is -2.42. The fourth-order valence-corrected chi connectivity index (χ4v) is 6.55. The van der Waals surface area contributed by atoms with E-state index in [1.165, 1.54) is 4.31 Å². The van der Waals surface area contributed by atoms with Gasteiger partial charge in [0, 0.05) is 59.0 Å². The van der Waals surface area contributed by atoms with Gasteiger partial charge in [-0.1, -0.05) is 29.3 Å². The number of carbonyl (C=O) groups excluding carboxylic acids is 2. The van der Waals surface area contributed by atoms with Crippen LogP contribution in [0.3, 0.4) is 0 Å². The van der Waals surface area contributed by atoms with Gasteiger partial charge in [0.15, 0.2) is 0 Å². The third-order valence-electron chi connectivity index (χ3n) is 6.13. The van der Waals surface area contributed by atoms with Gasteiger partial charge in [0.1, 0.15) is 0 Å². The highest BCUT2D eigenvalue weighted by molar-refractivity contribution is 7.88. The van der Waals surface area contributed by atoms with Crippen molar-refractivity contribution in [1.29, 1.82) is 0 Å². The maximum atomic E-state index is 12.9. The molecule has 0 radical (unpaired) electrons. The van der Waals surface area contributed by atoms with Gasteiger partial charge in [0.2, 0.25) is 21.8 Å². The van der Waals surface area contributed by atoms with Crippen molar-refractivity contribution in [3.8, 4) is 0 Å². The number of benzene rings is 2. The molecular formula is C23H25Cl2N3O4S. The van der Waals surface area contributed by atoms with Crippen molar-refractivity contribution < 1.29 is 18.0 Å². The predicted molar refractivity (Wildman–Crippen MR) is 130 cm³/mol. The molecule has 0 saturated carbocycles. The predicted octanol–water partition coefficient (Wildman–Crippen LogP) is 4.30. The molecule has 2 aromatic rings. The lowest BCUT2D eigenvalue weighted by molar-refractivity contribution is -0.121. The van der Waals surface area contributed by atoms with E-state index in [9.17, 15) is 18.0 Å². The van der Waals surface area contributed by atoms with Crippen molar-refractivity contribution in [2.75, 3.05) is 29.9 Å². The molecule has 2 fully saturated rings. The van der Waals surface area contributed by atoms with E-state index in [2.05, 4.69) is 5.32 Å². The maximum Gasteiger partial charge on any atom is 0.227 e. The van der Waals surface area contributed by atoms with Gasteiger partial charge in [-0.2, -0.15) is 0 Å². The minimum Gasteiger partial charge on any atom is -0.326 e. The smallest absolute Gasteiger partial charge is 0.227 e. The van der Waals surface area contributed by atoms with E-state index in [4.69, 9.17) is 23.2 Å². The molecule has 2 saturated heterocycles. The van der Waals surface area contributed by atoms with E-state index in [1.807, 2.05) is 12.1 Å². The Labute approximate surface area is 203 Å². The van der Waals surface area contributed by atoms with Crippen molar-refractivity contribution in [1.82, 2.24) is 4.31 Å². The largest absolute Gasteiger partial charge is 0.326 e. The number of amides is 2. The first-order valence-corrected chi connectivity index (χ1v) is 13.2. The minimum atomic E-state index is -3.61. The molecule has 2 amide bonds. The number of nitrogens with one attached hydrogen (secondary N) is 1. The van der Waals surface area contributed by atoms with Gasteiger partial charge in [-0.15, -0.1) is 0 Å². The summed E-state index contributed by atoms with van der Waals surface area (Å²) >= 11 is 12.3. The molecular weight excluding hydrogens is 485 g/mol. The van der Waals surface area contributed by atoms with Gasteiger partial charge in [-0.25, -0.2) is 12.7 Å². The number of halogens is 2. The second-order valence-corrected chi connectivity index (χ2v) is 11.1. The van der Waals surface area contributed by atoms with Crippen LogP contribution >= 0.6 is 23.2 Å². The van der Waals surface area contributed by atoms with Crippen LogP contribution in [0.4, 0.5) is 11.4 Å². The Kier molecular flexibility index (Phi) is 7.28. The van der Waals surface area contributed by atoms with Crippen LogP contribution in [-0.2, 0) is 25.4 Å². The fraction of sp³-hybridized carbons (Fsp3) is 0.391. The van der Waals surface area contributed by atoms with Crippen LogP contribution in [0, 0.1) is 5.92 Å². The van der Waals surface area contributed by atoms with E-state index in [1.54, 1.807) is 35.2 Å². The molecule has 4 rings (SSSR count). The first-order valence-electron chi connectivity index (χ1n) is 10.9. The van der Waals surface area contributed by atoms with Crippen LogP contribution in [0.25, 0.3) is 0 Å². The zero-order valence-electron chi connectivity index (χ0n) is 18.0. The zero-order valence-corrected chi connectivity index (χ0v) is 20.3. The number of carbonyl (C=O) groups is 2. The number of nitrogens with zero attached hydrogens (tertiary/aromatic N) is 2. The van der Waals surface area contributed by atoms with Crippen molar-refractivity contribution in [2.24, 2.45) is 5.92 Å². The van der Waals surface area contributed by atoms with Gasteiger partial charge >= 0.3 is 0 Å². The van der Waals surface area contributed by atoms with Gasteiger partial charge in [-0.3, -0.25) is 9.59 Å². The molecule has 176 valence electrons. The quantitative estimate of drug-likeness (QED) is 0.628. The Morgan fingerprint density at radius 1 is 1.00 bits per heavy atom. The highest BCUT2D eigenvalue weighted by atomic mass is 35.5. The average molecular weight is 510 g/mol. The number of hydrogen-bond acceptors (Lipinski definition) is 4. The molecule has 0 spiro atoms. The second kappa shape index (κ2) is 10.0. The van der Waals surface area contributed by atoms with Crippen molar-refractivity contribution in [2.45, 2.75) is 31.4 Å². The Morgan fingerprint density at radius 3 is 2.21 bits per heavy atom. The number of sulfonamides is 1. The van der Waals surface area contributed by atoms with Gasteiger partial charge in [0.25, 0.3) is 0 Å². The van der Waals surface area contributed by atoms with Gasteiger partial charge < -0.3 is 10.2 Å². The van der Waals surface area contributed by atoms with E-state index in [0.717, 1.165) is 12.1 Å². The SMILES string of the molecule is O=C(Nc1ccc(N2CCCC2=O)cc1)C1CCN(S(=O)(=O)Cc2c(Cl)cccc2Cl)CC1. The monoisotopic (exact) mass is 509 g/mol. The first-order chi connectivity index (χ1) is 15.7. The molecule has 0 bridgehead atoms. The molecule has 0 atom stereocenters. The van der Waals surface area contributed by atoms with E-state index >= 15 is 0 Å². The summed E-state index contributed by atoms with van der Waals surface area (Å²) < 4.78 is 27.1. The normalized spacial score (nSPS) is 18.0. The van der Waals surface area contributed by atoms with E-state index < -0.39 is 10.0 Å². The van der Waals surface area contributed by atoms with Gasteiger partial charge in [0.05, 0.1) is 5.75 Å². The summed E-state index contributed by atoms with van der Waals surface area (Å²) in [6, 6.07) is 12.1. The molecule has 7 nitrogen and oxygen atoms in total. The highest BCUT2D eigenvalue weighted by Crippen LogP contribution is 2.29. The molecule has 0 aliphatic carbocycles. The summed E-state index contributed by atoms with van der Waals surface area (Å²) in [7, 11) is -3.61. The fourth-order valence-electron chi connectivity index (χ4n) is 4.23. The summed E-state index contributed by atoms with van der Waals surface area (Å²) in [5.74, 6) is -0.564. The van der Waals surface area contributed by atoms with Crippen LogP contribution in [0.2, 0.25) is 10.0 Å². The summed E-state index contributed by atoms with van der Waals surface area (Å²) in [6.45, 7) is 1.24. The lowest BCUT2D eigenvalue weighted by atomic mass is 9.97. The van der Waals surface area contributed by atoms with Crippen LogP contribution in [0.5, 0.6) is 0 Å². The summed E-state index contributed by atoms with van der Waals surface area (Å²) in [6.07, 6.45) is 2.29. The molecule has 33 heavy (non-hydrogen) atoms. The highest BCUT2D eigenvalue weighted by Gasteiger charge is 2.32. The number of piperidine rings is 1. The van der Waals surface area contributed by atoms with E-state index in [0.29, 0.717) is 47.1 Å². The number of anilines is 2. The lowest BCUT2D eigenvalue weighted by Gasteiger charge is -2.30. The van der Waals surface area contributed by atoms with Crippen molar-refractivity contribution >= 4 is 56.4 Å². The Balaban J connectivity index is 1.32. The molecule has 2 aliphatic heterocycles. The molecule has 2 heterocycles. The Morgan fingerprint density at radius 2 is 1.64 bits per heavy atom. The summed E-state index contributed by atoms with van der Waals surface area (Å²) in [5, 5.41) is 3.54. The third kappa shape index (κ3) is 5.51. The van der Waals surface area contributed by atoms with E-state index in [-0.39, 0.29) is 36.6 Å². The molecule has 0 aromatic heterocycles. The minimum absolute atomic E-state index is 0.116. The topological polar surface area (TPSA) is 86.8 Å². The molecule has 10 heteroatoms. The van der Waals surface area contributed by atoms with Crippen LogP contribution in [0.15, 0.2) is 42.5 Å². The number of hydrogen-bond donors (Lipinski definition) is 1. The van der Waals surface area contributed by atoms with Crippen molar-refractivity contribution in [3.63, 3.8) is 0 Å².